The molecule has 0 aliphatic rings. The van der Waals surface area contributed by atoms with Gasteiger partial charge >= 0.3 is 0 Å². The maximum Gasteiger partial charge on any atom is 0.242 e. The van der Waals surface area contributed by atoms with E-state index in [1.165, 1.54) is 23.1 Å². The van der Waals surface area contributed by atoms with Gasteiger partial charge in [-0.2, -0.15) is 0 Å². The molecule has 2 aromatic carbocycles. The smallest absolute Gasteiger partial charge is 0.242 e. The quantitative estimate of drug-likeness (QED) is 0.652. The van der Waals surface area contributed by atoms with Gasteiger partial charge in [0.25, 0.3) is 0 Å². The van der Waals surface area contributed by atoms with E-state index < -0.39 is 10.0 Å². The second-order valence-electron chi connectivity index (χ2n) is 5.16. The van der Waals surface area contributed by atoms with Crippen LogP contribution in [0.5, 0.6) is 5.75 Å². The highest BCUT2D eigenvalue weighted by Crippen LogP contribution is 2.31. The number of benzene rings is 2. The predicted molar refractivity (Wildman–Crippen MR) is 101 cm³/mol. The first-order valence-corrected chi connectivity index (χ1v) is 10.6. The molecule has 0 saturated heterocycles. The summed E-state index contributed by atoms with van der Waals surface area (Å²) < 4.78 is 33.8. The average Bonchev–Trinajstić information content (AvgIpc) is 2.95. The Bertz CT molecular complexity index is 950. The van der Waals surface area contributed by atoms with Crippen LogP contribution in [0.25, 0.3) is 10.2 Å². The highest BCUT2D eigenvalue weighted by Gasteiger charge is 2.14. The van der Waals surface area contributed by atoms with E-state index in [-0.39, 0.29) is 5.08 Å². The molecule has 0 aliphatic carbocycles. The van der Waals surface area contributed by atoms with Crippen LogP contribution in [-0.2, 0) is 10.0 Å². The summed E-state index contributed by atoms with van der Waals surface area (Å²) in [6.45, 7) is 2.01. The Labute approximate surface area is 149 Å². The fraction of sp³-hybridized carbons (Fsp3) is 0.188. The third-order valence-corrected chi connectivity index (χ3v) is 7.26. The fourth-order valence-corrected chi connectivity index (χ4v) is 5.61. The molecule has 126 valence electrons. The van der Waals surface area contributed by atoms with E-state index >= 15 is 0 Å². The number of hydrogen-bond donors (Lipinski definition) is 1. The van der Waals surface area contributed by atoms with E-state index in [1.807, 2.05) is 25.1 Å². The van der Waals surface area contributed by atoms with Crippen molar-refractivity contribution in [1.82, 2.24) is 4.98 Å². The van der Waals surface area contributed by atoms with Gasteiger partial charge in [-0.15, -0.1) is 11.3 Å². The van der Waals surface area contributed by atoms with Gasteiger partial charge in [0, 0.05) is 5.69 Å². The van der Waals surface area contributed by atoms with Crippen molar-refractivity contribution in [3.05, 3.63) is 48.0 Å². The fourth-order valence-electron chi connectivity index (χ4n) is 2.07. The lowest BCUT2D eigenvalue weighted by molar-refractivity contribution is 0.415. The molecule has 0 radical (unpaired) electrons. The standard InChI is InChI=1S/C16H16N2O3S3/c1-11-3-8-15-14(9-11)17-16(23-15)22-10-24(19,20)18-12-4-6-13(21-2)7-5-12/h3-9,18H,10H2,1-2H3. The highest BCUT2D eigenvalue weighted by atomic mass is 32.3. The van der Waals surface area contributed by atoms with Crippen molar-refractivity contribution in [3.8, 4) is 5.75 Å². The molecule has 3 rings (SSSR count). The van der Waals surface area contributed by atoms with Gasteiger partial charge in [-0.05, 0) is 48.9 Å². The van der Waals surface area contributed by atoms with Crippen LogP contribution in [0, 0.1) is 6.92 Å². The number of sulfonamides is 1. The van der Waals surface area contributed by atoms with Crippen LogP contribution in [0.1, 0.15) is 5.56 Å². The largest absolute Gasteiger partial charge is 0.497 e. The van der Waals surface area contributed by atoms with E-state index in [0.717, 1.165) is 20.1 Å². The second-order valence-corrected chi connectivity index (χ2v) is 9.50. The number of aryl methyl sites for hydroxylation is 1. The molecule has 0 aliphatic heterocycles. The minimum Gasteiger partial charge on any atom is -0.497 e. The molecule has 0 unspecified atom stereocenters. The van der Waals surface area contributed by atoms with Crippen LogP contribution in [0.3, 0.4) is 0 Å². The number of fused-ring (bicyclic) bond motifs is 1. The summed E-state index contributed by atoms with van der Waals surface area (Å²) in [5.74, 6) is 0.678. The van der Waals surface area contributed by atoms with Crippen molar-refractivity contribution >= 4 is 49.0 Å². The predicted octanol–water partition coefficient (Wildman–Crippen LogP) is 4.10. The monoisotopic (exact) mass is 380 g/mol. The van der Waals surface area contributed by atoms with Crippen molar-refractivity contribution in [2.24, 2.45) is 0 Å². The number of aromatic nitrogens is 1. The van der Waals surface area contributed by atoms with Crippen LogP contribution in [0.4, 0.5) is 5.69 Å². The number of rotatable bonds is 6. The van der Waals surface area contributed by atoms with Gasteiger partial charge in [0.1, 0.15) is 10.8 Å². The van der Waals surface area contributed by atoms with E-state index in [2.05, 4.69) is 9.71 Å². The lowest BCUT2D eigenvalue weighted by atomic mass is 10.2. The normalized spacial score (nSPS) is 11.6. The molecule has 0 atom stereocenters. The first-order chi connectivity index (χ1) is 11.4. The maximum atomic E-state index is 12.2. The van der Waals surface area contributed by atoms with Crippen LogP contribution < -0.4 is 9.46 Å². The first-order valence-electron chi connectivity index (χ1n) is 7.10. The molecule has 1 N–H and O–H groups in total. The van der Waals surface area contributed by atoms with Crippen molar-refractivity contribution < 1.29 is 13.2 Å². The third kappa shape index (κ3) is 4.19. The summed E-state index contributed by atoms with van der Waals surface area (Å²) in [6, 6.07) is 12.8. The van der Waals surface area contributed by atoms with Crippen LogP contribution >= 0.6 is 23.1 Å². The summed E-state index contributed by atoms with van der Waals surface area (Å²) in [5, 5.41) is -0.0855. The van der Waals surface area contributed by atoms with E-state index in [4.69, 9.17) is 4.74 Å². The Hall–Kier alpha value is -1.77. The van der Waals surface area contributed by atoms with Crippen molar-refractivity contribution in [2.75, 3.05) is 16.9 Å². The zero-order chi connectivity index (χ0) is 17.2. The minimum absolute atomic E-state index is 0.0855. The average molecular weight is 381 g/mol. The third-order valence-electron chi connectivity index (χ3n) is 3.22. The Morgan fingerprint density at radius 2 is 1.96 bits per heavy atom. The van der Waals surface area contributed by atoms with Gasteiger partial charge in [-0.25, -0.2) is 13.4 Å². The second kappa shape index (κ2) is 7.00. The highest BCUT2D eigenvalue weighted by molar-refractivity contribution is 8.13. The van der Waals surface area contributed by atoms with E-state index in [9.17, 15) is 8.42 Å². The summed E-state index contributed by atoms with van der Waals surface area (Å²) in [7, 11) is -1.89. The summed E-state index contributed by atoms with van der Waals surface area (Å²) in [6.07, 6.45) is 0. The molecule has 0 amide bonds. The number of nitrogens with one attached hydrogen (secondary N) is 1. The summed E-state index contributed by atoms with van der Waals surface area (Å²) >= 11 is 2.72. The number of nitrogens with zero attached hydrogens (tertiary/aromatic N) is 1. The van der Waals surface area contributed by atoms with Crippen molar-refractivity contribution in [1.29, 1.82) is 0 Å². The minimum atomic E-state index is -3.46. The summed E-state index contributed by atoms with van der Waals surface area (Å²) in [5.41, 5.74) is 2.55. The molecular weight excluding hydrogens is 364 g/mol. The van der Waals surface area contributed by atoms with E-state index in [0.29, 0.717) is 11.4 Å². The number of anilines is 1. The van der Waals surface area contributed by atoms with Crippen LogP contribution in [0.2, 0.25) is 0 Å². The van der Waals surface area contributed by atoms with Crippen molar-refractivity contribution in [2.45, 2.75) is 11.3 Å². The zero-order valence-corrected chi connectivity index (χ0v) is 15.6. The molecule has 0 saturated carbocycles. The van der Waals surface area contributed by atoms with Gasteiger partial charge in [-0.1, -0.05) is 17.8 Å². The van der Waals surface area contributed by atoms with Gasteiger partial charge in [0.2, 0.25) is 10.0 Å². The molecule has 1 aromatic heterocycles. The van der Waals surface area contributed by atoms with Gasteiger partial charge < -0.3 is 4.74 Å². The van der Waals surface area contributed by atoms with Crippen LogP contribution in [0.15, 0.2) is 46.8 Å². The molecule has 0 fully saturated rings. The first kappa shape index (κ1) is 17.1. The Morgan fingerprint density at radius 1 is 1.21 bits per heavy atom. The number of hydrogen-bond acceptors (Lipinski definition) is 6. The molecule has 5 nitrogen and oxygen atoms in total. The number of ether oxygens (including phenoxy) is 1. The summed E-state index contributed by atoms with van der Waals surface area (Å²) in [4.78, 5) is 4.48. The SMILES string of the molecule is COc1ccc(NS(=O)(=O)CSc2nc3cc(C)ccc3s2)cc1. The molecular formula is C16H16N2O3S3. The molecule has 0 spiro atoms. The maximum absolute atomic E-state index is 12.2. The van der Waals surface area contributed by atoms with Crippen molar-refractivity contribution in [3.63, 3.8) is 0 Å². The molecule has 1 heterocycles. The molecule has 3 aromatic rings. The molecule has 24 heavy (non-hydrogen) atoms. The Kier molecular flexibility index (Phi) is 4.98. The zero-order valence-electron chi connectivity index (χ0n) is 13.1. The van der Waals surface area contributed by atoms with E-state index in [1.54, 1.807) is 31.4 Å². The Morgan fingerprint density at radius 3 is 2.67 bits per heavy atom. The Balaban J connectivity index is 1.66. The number of methoxy groups -OCH3 is 1. The van der Waals surface area contributed by atoms with Gasteiger partial charge in [0.15, 0.2) is 4.34 Å². The van der Waals surface area contributed by atoms with Gasteiger partial charge in [0.05, 0.1) is 17.3 Å². The molecule has 8 heteroatoms. The van der Waals surface area contributed by atoms with Gasteiger partial charge in [-0.3, -0.25) is 4.72 Å². The number of thioether (sulfide) groups is 1. The molecule has 0 bridgehead atoms. The lowest BCUT2D eigenvalue weighted by Crippen LogP contribution is -2.14. The number of thiazole rings is 1. The topological polar surface area (TPSA) is 68.3 Å². The lowest BCUT2D eigenvalue weighted by Gasteiger charge is -2.07. The van der Waals surface area contributed by atoms with Crippen LogP contribution in [-0.4, -0.2) is 25.6 Å².